The van der Waals surface area contributed by atoms with Gasteiger partial charge in [-0.2, -0.15) is 0 Å². The zero-order chi connectivity index (χ0) is 10.7. The first-order valence-electron chi connectivity index (χ1n) is 4.65. The van der Waals surface area contributed by atoms with E-state index in [0.717, 1.165) is 12.0 Å². The van der Waals surface area contributed by atoms with Gasteiger partial charge < -0.3 is 10.0 Å². The van der Waals surface area contributed by atoms with E-state index in [9.17, 15) is 9.59 Å². The average molecular weight is 197 g/mol. The molecule has 0 aliphatic carbocycles. The Morgan fingerprint density at radius 2 is 2.36 bits per heavy atom. The number of carboxylic acid groups (broad SMARTS) is 1. The standard InChI is InChI=1S/C10H15NO3/c1-7(2)3-4-11-6-8(10(13)14)5-9(11)12/h8H,1,3-6H2,2H3,(H,13,14). The van der Waals surface area contributed by atoms with Crippen molar-refractivity contribution in [3.63, 3.8) is 0 Å². The normalized spacial score (nSPS) is 21.4. The van der Waals surface area contributed by atoms with Gasteiger partial charge in [-0.25, -0.2) is 0 Å². The lowest BCUT2D eigenvalue weighted by molar-refractivity contribution is -0.141. The Morgan fingerprint density at radius 3 is 2.79 bits per heavy atom. The maximum Gasteiger partial charge on any atom is 0.308 e. The fourth-order valence-electron chi connectivity index (χ4n) is 1.48. The SMILES string of the molecule is C=C(C)CCN1CC(C(=O)O)CC1=O. The van der Waals surface area contributed by atoms with E-state index in [0.29, 0.717) is 13.1 Å². The molecular weight excluding hydrogens is 182 g/mol. The van der Waals surface area contributed by atoms with Gasteiger partial charge in [0.2, 0.25) is 5.91 Å². The maximum absolute atomic E-state index is 11.3. The van der Waals surface area contributed by atoms with Crippen molar-refractivity contribution in [1.29, 1.82) is 0 Å². The first-order valence-corrected chi connectivity index (χ1v) is 4.65. The number of hydrogen-bond donors (Lipinski definition) is 1. The van der Waals surface area contributed by atoms with Gasteiger partial charge in [-0.15, -0.1) is 6.58 Å². The molecular formula is C10H15NO3. The summed E-state index contributed by atoms with van der Waals surface area (Å²) in [6, 6.07) is 0. The summed E-state index contributed by atoms with van der Waals surface area (Å²) in [6.07, 6.45) is 0.892. The van der Waals surface area contributed by atoms with Crippen LogP contribution in [0.3, 0.4) is 0 Å². The van der Waals surface area contributed by atoms with Crippen LogP contribution in [-0.2, 0) is 9.59 Å². The quantitative estimate of drug-likeness (QED) is 0.681. The first-order chi connectivity index (χ1) is 6.50. The molecule has 1 amide bonds. The highest BCUT2D eigenvalue weighted by molar-refractivity contribution is 5.86. The van der Waals surface area contributed by atoms with Crippen molar-refractivity contribution in [2.75, 3.05) is 13.1 Å². The molecule has 4 nitrogen and oxygen atoms in total. The molecule has 1 aliphatic heterocycles. The van der Waals surface area contributed by atoms with E-state index in [2.05, 4.69) is 6.58 Å². The Bertz CT molecular complexity index is 273. The topological polar surface area (TPSA) is 57.6 Å². The third kappa shape index (κ3) is 2.58. The van der Waals surface area contributed by atoms with Crippen molar-refractivity contribution in [3.05, 3.63) is 12.2 Å². The smallest absolute Gasteiger partial charge is 0.308 e. The molecule has 0 radical (unpaired) electrons. The highest BCUT2D eigenvalue weighted by Gasteiger charge is 2.33. The minimum absolute atomic E-state index is 0.0568. The van der Waals surface area contributed by atoms with Crippen LogP contribution in [0.5, 0.6) is 0 Å². The molecule has 1 fully saturated rings. The maximum atomic E-state index is 11.3. The van der Waals surface area contributed by atoms with Gasteiger partial charge in [0.05, 0.1) is 5.92 Å². The first kappa shape index (κ1) is 10.8. The summed E-state index contributed by atoms with van der Waals surface area (Å²) < 4.78 is 0. The molecule has 1 unspecified atom stereocenters. The molecule has 1 aliphatic rings. The number of carboxylic acids is 1. The van der Waals surface area contributed by atoms with E-state index in [-0.39, 0.29) is 12.3 Å². The van der Waals surface area contributed by atoms with Crippen LogP contribution in [0.2, 0.25) is 0 Å². The molecule has 0 bridgehead atoms. The van der Waals surface area contributed by atoms with Crippen LogP contribution in [0.1, 0.15) is 19.8 Å². The van der Waals surface area contributed by atoms with Crippen molar-refractivity contribution < 1.29 is 14.7 Å². The van der Waals surface area contributed by atoms with Crippen LogP contribution in [0.4, 0.5) is 0 Å². The fraction of sp³-hybridized carbons (Fsp3) is 0.600. The van der Waals surface area contributed by atoms with Crippen molar-refractivity contribution in [1.82, 2.24) is 4.90 Å². The van der Waals surface area contributed by atoms with E-state index in [1.54, 1.807) is 4.90 Å². The Morgan fingerprint density at radius 1 is 1.71 bits per heavy atom. The molecule has 0 aromatic rings. The number of carbonyl (C=O) groups is 2. The van der Waals surface area contributed by atoms with Crippen molar-refractivity contribution in [2.45, 2.75) is 19.8 Å². The Kier molecular flexibility index (Phi) is 3.28. The minimum Gasteiger partial charge on any atom is -0.481 e. The van der Waals surface area contributed by atoms with Crippen LogP contribution in [0, 0.1) is 5.92 Å². The molecule has 0 saturated carbocycles. The zero-order valence-electron chi connectivity index (χ0n) is 8.32. The van der Waals surface area contributed by atoms with E-state index < -0.39 is 11.9 Å². The summed E-state index contributed by atoms with van der Waals surface area (Å²) in [7, 11) is 0. The van der Waals surface area contributed by atoms with Crippen LogP contribution in [0.15, 0.2) is 12.2 Å². The second-order valence-corrected chi connectivity index (χ2v) is 3.79. The number of hydrogen-bond acceptors (Lipinski definition) is 2. The van der Waals surface area contributed by atoms with Gasteiger partial charge in [-0.3, -0.25) is 9.59 Å². The van der Waals surface area contributed by atoms with Gasteiger partial charge in [0.25, 0.3) is 0 Å². The third-order valence-corrected chi connectivity index (χ3v) is 2.37. The van der Waals surface area contributed by atoms with Gasteiger partial charge in [0.15, 0.2) is 0 Å². The van der Waals surface area contributed by atoms with Crippen molar-refractivity contribution in [3.8, 4) is 0 Å². The van der Waals surface area contributed by atoms with Crippen LogP contribution in [0.25, 0.3) is 0 Å². The lowest BCUT2D eigenvalue weighted by atomic mass is 10.1. The molecule has 14 heavy (non-hydrogen) atoms. The summed E-state index contributed by atoms with van der Waals surface area (Å²) in [5.74, 6) is -1.46. The van der Waals surface area contributed by atoms with Crippen molar-refractivity contribution >= 4 is 11.9 Å². The van der Waals surface area contributed by atoms with Crippen LogP contribution >= 0.6 is 0 Å². The molecule has 1 N–H and O–H groups in total. The molecule has 1 saturated heterocycles. The largest absolute Gasteiger partial charge is 0.481 e. The van der Waals surface area contributed by atoms with E-state index in [1.165, 1.54) is 0 Å². The second kappa shape index (κ2) is 4.26. The lowest BCUT2D eigenvalue weighted by Gasteiger charge is -2.15. The molecule has 1 atom stereocenters. The van der Waals surface area contributed by atoms with Crippen molar-refractivity contribution in [2.24, 2.45) is 5.92 Å². The lowest BCUT2D eigenvalue weighted by Crippen LogP contribution is -2.27. The number of aliphatic carboxylic acids is 1. The average Bonchev–Trinajstić information content (AvgIpc) is 2.43. The van der Waals surface area contributed by atoms with Gasteiger partial charge in [-0.05, 0) is 13.3 Å². The van der Waals surface area contributed by atoms with E-state index in [1.807, 2.05) is 6.92 Å². The fourth-order valence-corrected chi connectivity index (χ4v) is 1.48. The Balaban J connectivity index is 2.44. The number of carbonyl (C=O) groups excluding carboxylic acids is 1. The van der Waals surface area contributed by atoms with Gasteiger partial charge in [0, 0.05) is 19.5 Å². The summed E-state index contributed by atoms with van der Waals surface area (Å²) in [6.45, 7) is 6.58. The molecule has 4 heteroatoms. The van der Waals surface area contributed by atoms with Crippen LogP contribution in [-0.4, -0.2) is 35.0 Å². The van der Waals surface area contributed by atoms with Crippen LogP contribution < -0.4 is 0 Å². The molecule has 0 spiro atoms. The zero-order valence-corrected chi connectivity index (χ0v) is 8.32. The highest BCUT2D eigenvalue weighted by atomic mass is 16.4. The monoisotopic (exact) mass is 197 g/mol. The van der Waals surface area contributed by atoms with E-state index in [4.69, 9.17) is 5.11 Å². The molecule has 0 aromatic carbocycles. The van der Waals surface area contributed by atoms with Gasteiger partial charge in [0.1, 0.15) is 0 Å². The summed E-state index contributed by atoms with van der Waals surface area (Å²) in [5.41, 5.74) is 1.01. The van der Waals surface area contributed by atoms with Gasteiger partial charge >= 0.3 is 5.97 Å². The predicted molar refractivity (Wildman–Crippen MR) is 51.8 cm³/mol. The molecule has 1 heterocycles. The number of rotatable bonds is 4. The number of likely N-dealkylation sites (tertiary alicyclic amines) is 1. The molecule has 1 rings (SSSR count). The minimum atomic E-state index is -0.879. The Hall–Kier alpha value is -1.32. The predicted octanol–water partition coefficient (Wildman–Crippen LogP) is 0.886. The molecule has 0 aromatic heterocycles. The summed E-state index contributed by atoms with van der Waals surface area (Å²) >= 11 is 0. The number of amides is 1. The highest BCUT2D eigenvalue weighted by Crippen LogP contribution is 2.18. The third-order valence-electron chi connectivity index (χ3n) is 2.37. The Labute approximate surface area is 83.2 Å². The summed E-state index contributed by atoms with van der Waals surface area (Å²) in [5, 5.41) is 8.73. The second-order valence-electron chi connectivity index (χ2n) is 3.79. The summed E-state index contributed by atoms with van der Waals surface area (Å²) in [4.78, 5) is 23.6. The van der Waals surface area contributed by atoms with E-state index >= 15 is 0 Å². The molecule has 78 valence electrons. The number of nitrogens with zero attached hydrogens (tertiary/aromatic N) is 1. The van der Waals surface area contributed by atoms with Gasteiger partial charge in [-0.1, -0.05) is 5.57 Å².